The topological polar surface area (TPSA) is 44.9 Å². The van der Waals surface area contributed by atoms with E-state index in [1.54, 1.807) is 12.1 Å². The maximum atomic E-state index is 14.3. The van der Waals surface area contributed by atoms with E-state index in [4.69, 9.17) is 0 Å². The second-order valence-electron chi connectivity index (χ2n) is 7.31. The van der Waals surface area contributed by atoms with Crippen LogP contribution < -0.4 is 5.32 Å². The van der Waals surface area contributed by atoms with E-state index >= 15 is 0 Å². The van der Waals surface area contributed by atoms with Gasteiger partial charge in [0.25, 0.3) is 5.91 Å². The zero-order valence-electron chi connectivity index (χ0n) is 15.1. The van der Waals surface area contributed by atoms with Crippen LogP contribution in [0.1, 0.15) is 24.3 Å². The van der Waals surface area contributed by atoms with Gasteiger partial charge in [-0.1, -0.05) is 0 Å². The molecule has 2 aromatic carbocycles. The van der Waals surface area contributed by atoms with Gasteiger partial charge in [-0.15, -0.1) is 0 Å². The normalized spacial score (nSPS) is 18.8. The van der Waals surface area contributed by atoms with Crippen molar-refractivity contribution in [2.24, 2.45) is 5.92 Å². The number of carbonyl (C=O) groups excluding carboxylic acids is 1. The molecule has 0 saturated heterocycles. The standard InChI is InChI=1S/C21H17F5N2O/c22-13-3-1-11(2-4-13)18-17(15-7-14(23)8-16(24)19(15)28-18)12-5-10(6-12)9-27-21(29)20(25)26/h1-4,7-8,10,12,20,28H,5-6,9H2,(H,27,29). The van der Waals surface area contributed by atoms with Gasteiger partial charge in [0, 0.05) is 18.0 Å². The summed E-state index contributed by atoms with van der Waals surface area (Å²) in [6, 6.07) is 7.72. The van der Waals surface area contributed by atoms with Crippen LogP contribution in [0.5, 0.6) is 0 Å². The smallest absolute Gasteiger partial charge is 0.315 e. The van der Waals surface area contributed by atoms with Gasteiger partial charge >= 0.3 is 6.43 Å². The van der Waals surface area contributed by atoms with E-state index in [1.807, 2.05) is 0 Å². The fraction of sp³-hybridized carbons (Fsp3) is 0.286. The van der Waals surface area contributed by atoms with Crippen LogP contribution in [0.25, 0.3) is 22.2 Å². The quantitative estimate of drug-likeness (QED) is 0.565. The first kappa shape index (κ1) is 19.4. The fourth-order valence-corrected chi connectivity index (χ4v) is 3.97. The highest BCUT2D eigenvalue weighted by Gasteiger charge is 2.35. The number of H-pyrrole nitrogens is 1. The number of hydrogen-bond donors (Lipinski definition) is 2. The molecule has 0 bridgehead atoms. The zero-order valence-corrected chi connectivity index (χ0v) is 15.1. The highest BCUT2D eigenvalue weighted by molar-refractivity contribution is 5.92. The first-order valence-electron chi connectivity index (χ1n) is 9.16. The van der Waals surface area contributed by atoms with Gasteiger partial charge in [0.1, 0.15) is 17.5 Å². The van der Waals surface area contributed by atoms with Crippen molar-refractivity contribution in [2.45, 2.75) is 25.2 Å². The van der Waals surface area contributed by atoms with Gasteiger partial charge in [-0.3, -0.25) is 4.79 Å². The second kappa shape index (κ2) is 7.50. The van der Waals surface area contributed by atoms with Crippen molar-refractivity contribution in [1.82, 2.24) is 10.3 Å². The van der Waals surface area contributed by atoms with Crippen molar-refractivity contribution < 1.29 is 26.7 Å². The van der Waals surface area contributed by atoms with Gasteiger partial charge in [0.15, 0.2) is 0 Å². The van der Waals surface area contributed by atoms with E-state index in [0.29, 0.717) is 35.0 Å². The average molecular weight is 408 g/mol. The number of fused-ring (bicyclic) bond motifs is 1. The van der Waals surface area contributed by atoms with Crippen molar-refractivity contribution in [1.29, 1.82) is 0 Å². The van der Waals surface area contributed by atoms with Crippen molar-refractivity contribution in [2.75, 3.05) is 6.54 Å². The van der Waals surface area contributed by atoms with E-state index in [9.17, 15) is 26.7 Å². The minimum Gasteiger partial charge on any atom is -0.352 e. The van der Waals surface area contributed by atoms with Gasteiger partial charge in [0.2, 0.25) is 0 Å². The van der Waals surface area contributed by atoms with Gasteiger partial charge < -0.3 is 10.3 Å². The lowest BCUT2D eigenvalue weighted by Crippen LogP contribution is -2.38. The van der Waals surface area contributed by atoms with E-state index in [0.717, 1.165) is 6.07 Å². The molecule has 3 nitrogen and oxygen atoms in total. The minimum absolute atomic E-state index is 0.00729. The summed E-state index contributed by atoms with van der Waals surface area (Å²) in [6.45, 7) is 0.122. The van der Waals surface area contributed by atoms with Crippen LogP contribution in [0, 0.1) is 23.4 Å². The minimum atomic E-state index is -3.06. The van der Waals surface area contributed by atoms with Crippen molar-refractivity contribution in [3.05, 3.63) is 59.4 Å². The lowest BCUT2D eigenvalue weighted by atomic mass is 9.70. The average Bonchev–Trinajstić information content (AvgIpc) is 3.00. The number of benzene rings is 2. The molecule has 1 saturated carbocycles. The van der Waals surface area contributed by atoms with Crippen LogP contribution in [0.4, 0.5) is 22.0 Å². The summed E-state index contributed by atoms with van der Waals surface area (Å²) in [5.41, 5.74) is 2.08. The predicted molar refractivity (Wildman–Crippen MR) is 98.1 cm³/mol. The van der Waals surface area contributed by atoms with E-state index < -0.39 is 29.8 Å². The number of alkyl halides is 2. The molecular weight excluding hydrogens is 391 g/mol. The summed E-state index contributed by atoms with van der Waals surface area (Å²) >= 11 is 0. The van der Waals surface area contributed by atoms with Crippen LogP contribution in [0.2, 0.25) is 0 Å². The van der Waals surface area contributed by atoms with Gasteiger partial charge in [-0.2, -0.15) is 8.78 Å². The monoisotopic (exact) mass is 408 g/mol. The molecule has 1 aliphatic rings. The van der Waals surface area contributed by atoms with E-state index in [-0.39, 0.29) is 23.9 Å². The molecule has 0 aliphatic heterocycles. The molecule has 29 heavy (non-hydrogen) atoms. The van der Waals surface area contributed by atoms with E-state index in [2.05, 4.69) is 10.3 Å². The van der Waals surface area contributed by atoms with Crippen molar-refractivity contribution >= 4 is 16.8 Å². The first-order chi connectivity index (χ1) is 13.8. The third kappa shape index (κ3) is 3.71. The summed E-state index contributed by atoms with van der Waals surface area (Å²) in [6.07, 6.45) is -1.92. The molecule has 1 amide bonds. The Hall–Kier alpha value is -2.90. The molecular formula is C21H17F5N2O. The van der Waals surface area contributed by atoms with Crippen LogP contribution in [-0.4, -0.2) is 23.9 Å². The summed E-state index contributed by atoms with van der Waals surface area (Å²) in [7, 11) is 0. The molecule has 1 heterocycles. The molecule has 4 rings (SSSR count). The van der Waals surface area contributed by atoms with Crippen molar-refractivity contribution in [3.8, 4) is 11.3 Å². The van der Waals surface area contributed by atoms with Crippen LogP contribution >= 0.6 is 0 Å². The largest absolute Gasteiger partial charge is 0.352 e. The molecule has 0 unspecified atom stereocenters. The van der Waals surface area contributed by atoms with Gasteiger partial charge in [0.05, 0.1) is 11.2 Å². The highest BCUT2D eigenvalue weighted by Crippen LogP contribution is 2.48. The Morgan fingerprint density at radius 1 is 1.07 bits per heavy atom. The summed E-state index contributed by atoms with van der Waals surface area (Å²) in [5, 5.41) is 2.60. The van der Waals surface area contributed by atoms with Crippen LogP contribution in [0.3, 0.4) is 0 Å². The summed E-state index contributed by atoms with van der Waals surface area (Å²) in [4.78, 5) is 14.0. The molecule has 152 valence electrons. The number of aromatic nitrogens is 1. The number of halogens is 5. The molecule has 0 atom stereocenters. The van der Waals surface area contributed by atoms with Crippen molar-refractivity contribution in [3.63, 3.8) is 0 Å². The zero-order chi connectivity index (χ0) is 20.7. The van der Waals surface area contributed by atoms with E-state index in [1.165, 1.54) is 18.2 Å². The predicted octanol–water partition coefficient (Wildman–Crippen LogP) is 5.13. The lowest BCUT2D eigenvalue weighted by Gasteiger charge is -2.36. The number of nitrogens with one attached hydrogen (secondary N) is 2. The van der Waals surface area contributed by atoms with Crippen LogP contribution in [0.15, 0.2) is 36.4 Å². The summed E-state index contributed by atoms with van der Waals surface area (Å²) in [5.74, 6) is -3.24. The molecule has 1 fully saturated rings. The molecule has 3 aromatic rings. The molecule has 2 N–H and O–H groups in total. The maximum absolute atomic E-state index is 14.3. The Balaban J connectivity index is 1.65. The number of carbonyl (C=O) groups is 1. The molecule has 0 spiro atoms. The number of amides is 1. The number of rotatable bonds is 5. The second-order valence-corrected chi connectivity index (χ2v) is 7.31. The Morgan fingerprint density at radius 2 is 1.76 bits per heavy atom. The number of hydrogen-bond acceptors (Lipinski definition) is 1. The Kier molecular flexibility index (Phi) is 5.02. The third-order valence-electron chi connectivity index (χ3n) is 5.40. The fourth-order valence-electron chi connectivity index (χ4n) is 3.97. The maximum Gasteiger partial charge on any atom is 0.315 e. The molecule has 1 aliphatic carbocycles. The highest BCUT2D eigenvalue weighted by atomic mass is 19.3. The SMILES string of the molecule is O=C(NCC1CC(c2c(-c3ccc(F)cc3)[nH]c3c(F)cc(F)cc23)C1)C(F)F. The Labute approximate surface area is 162 Å². The van der Waals surface area contributed by atoms with Gasteiger partial charge in [-0.05, 0) is 66.1 Å². The van der Waals surface area contributed by atoms with Crippen LogP contribution in [-0.2, 0) is 4.79 Å². The molecule has 8 heteroatoms. The third-order valence-corrected chi connectivity index (χ3v) is 5.40. The molecule has 1 aromatic heterocycles. The van der Waals surface area contributed by atoms with Gasteiger partial charge in [-0.25, -0.2) is 13.2 Å². The number of aromatic amines is 1. The summed E-state index contributed by atoms with van der Waals surface area (Å²) < 4.78 is 66.1. The first-order valence-corrected chi connectivity index (χ1v) is 9.16. The lowest BCUT2D eigenvalue weighted by molar-refractivity contribution is -0.132. The Bertz CT molecular complexity index is 1060. The molecule has 0 radical (unpaired) electrons. The Morgan fingerprint density at radius 3 is 2.41 bits per heavy atom.